The van der Waals surface area contributed by atoms with Crippen molar-refractivity contribution in [2.24, 2.45) is 15.4 Å². The molecule has 2 heterocycles. The minimum Gasteiger partial charge on any atom is -0.494 e. The van der Waals surface area contributed by atoms with E-state index in [4.69, 9.17) is 38.4 Å². The van der Waals surface area contributed by atoms with Crippen LogP contribution in [0.3, 0.4) is 0 Å². The van der Waals surface area contributed by atoms with Gasteiger partial charge in [-0.3, -0.25) is 0 Å². The molecule has 0 aromatic heterocycles. The van der Waals surface area contributed by atoms with Gasteiger partial charge in [0.2, 0.25) is 0 Å². The predicted molar refractivity (Wildman–Crippen MR) is 201 cm³/mol. The molecule has 0 amide bonds. The van der Waals surface area contributed by atoms with Crippen LogP contribution in [0.1, 0.15) is 75.6 Å². The van der Waals surface area contributed by atoms with Crippen LogP contribution in [0.2, 0.25) is 0 Å². The van der Waals surface area contributed by atoms with Gasteiger partial charge in [0.15, 0.2) is 11.8 Å². The van der Waals surface area contributed by atoms with Gasteiger partial charge in [-0.2, -0.15) is 0 Å². The van der Waals surface area contributed by atoms with Gasteiger partial charge in [0.1, 0.15) is 53.7 Å². The highest BCUT2D eigenvalue weighted by molar-refractivity contribution is 6.06. The Labute approximate surface area is 302 Å². The van der Waals surface area contributed by atoms with Crippen LogP contribution in [-0.4, -0.2) is 51.4 Å². The summed E-state index contributed by atoms with van der Waals surface area (Å²) in [5, 5.41) is 0. The minimum atomic E-state index is -0.496. The molecule has 0 saturated heterocycles. The molecule has 0 aliphatic carbocycles. The normalized spacial score (nSPS) is 16.8. The molecule has 51 heavy (non-hydrogen) atoms. The van der Waals surface area contributed by atoms with E-state index in [9.17, 15) is 0 Å². The van der Waals surface area contributed by atoms with Crippen LogP contribution >= 0.6 is 0 Å². The Morgan fingerprint density at radius 1 is 0.490 bits per heavy atom. The summed E-state index contributed by atoms with van der Waals surface area (Å²) < 4.78 is 36.1. The second kappa shape index (κ2) is 18.3. The van der Waals surface area contributed by atoms with Gasteiger partial charge in [0.25, 0.3) is 0 Å². The third-order valence-corrected chi connectivity index (χ3v) is 9.50. The van der Waals surface area contributed by atoms with E-state index in [1.165, 1.54) is 0 Å². The summed E-state index contributed by atoms with van der Waals surface area (Å²) in [6.45, 7) is 7.96. The molecule has 2 atom stereocenters. The summed E-state index contributed by atoms with van der Waals surface area (Å²) >= 11 is 0. The molecule has 0 spiro atoms. The van der Waals surface area contributed by atoms with Crippen molar-refractivity contribution in [3.63, 3.8) is 0 Å². The molecule has 4 aromatic carbocycles. The lowest BCUT2D eigenvalue weighted by Gasteiger charge is -2.29. The fraction of sp³-hybridized carbons (Fsp3) is 0.395. The molecule has 8 heteroatoms. The molecule has 6 rings (SSSR count). The first-order valence-electron chi connectivity index (χ1n) is 18.4. The van der Waals surface area contributed by atoms with Gasteiger partial charge in [-0.1, -0.05) is 74.5 Å². The van der Waals surface area contributed by atoms with Crippen molar-refractivity contribution in [3.05, 3.63) is 120 Å². The molecule has 0 unspecified atom stereocenters. The van der Waals surface area contributed by atoms with Crippen molar-refractivity contribution >= 4 is 11.8 Å². The Balaban J connectivity index is 0.967. The number of aliphatic imine (C=N–C) groups is 2. The second-order valence-corrected chi connectivity index (χ2v) is 12.9. The van der Waals surface area contributed by atoms with Gasteiger partial charge in [0, 0.05) is 0 Å². The van der Waals surface area contributed by atoms with Gasteiger partial charge in [-0.05, 0) is 98.2 Å². The van der Waals surface area contributed by atoms with E-state index in [0.717, 1.165) is 72.6 Å². The lowest BCUT2D eigenvalue weighted by atomic mass is 9.81. The summed E-state index contributed by atoms with van der Waals surface area (Å²) in [5.74, 6) is 4.94. The molecule has 0 bridgehead atoms. The number of rotatable bonds is 20. The number of unbranched alkanes of at least 4 members (excludes halogenated alkanes) is 2. The first kappa shape index (κ1) is 35.8. The summed E-state index contributed by atoms with van der Waals surface area (Å²) in [6, 6.07) is 36.0. The van der Waals surface area contributed by atoms with E-state index in [1.807, 2.05) is 84.9 Å². The van der Waals surface area contributed by atoms with Crippen LogP contribution < -0.4 is 18.9 Å². The van der Waals surface area contributed by atoms with Crippen molar-refractivity contribution in [1.82, 2.24) is 0 Å². The number of hydrogen-bond acceptors (Lipinski definition) is 8. The minimum absolute atomic E-state index is 0.0802. The summed E-state index contributed by atoms with van der Waals surface area (Å²) in [6.07, 6.45) is 5.29. The summed E-state index contributed by atoms with van der Waals surface area (Å²) in [7, 11) is 0. The molecule has 2 aliphatic heterocycles. The number of para-hydroxylation sites is 2. The Morgan fingerprint density at radius 3 is 1.16 bits per heavy atom. The molecular weight excluding hydrogens is 640 g/mol. The van der Waals surface area contributed by atoms with E-state index in [1.54, 1.807) is 0 Å². The maximum Gasteiger partial charge on any atom is 0.199 e. The third kappa shape index (κ3) is 9.63. The fourth-order valence-electron chi connectivity index (χ4n) is 6.33. The van der Waals surface area contributed by atoms with Crippen molar-refractivity contribution in [1.29, 1.82) is 0 Å². The monoisotopic (exact) mass is 690 g/mol. The number of nitrogens with zero attached hydrogens (tertiary/aromatic N) is 2. The van der Waals surface area contributed by atoms with Crippen molar-refractivity contribution < 1.29 is 28.4 Å². The van der Waals surface area contributed by atoms with E-state index in [0.29, 0.717) is 51.4 Å². The molecular formula is C43H50N2O6. The van der Waals surface area contributed by atoms with Crippen LogP contribution in [-0.2, 0) is 9.47 Å². The highest BCUT2D eigenvalue weighted by atomic mass is 16.5. The van der Waals surface area contributed by atoms with E-state index in [-0.39, 0.29) is 12.1 Å². The highest BCUT2D eigenvalue weighted by Gasteiger charge is 2.46. The van der Waals surface area contributed by atoms with E-state index < -0.39 is 5.41 Å². The van der Waals surface area contributed by atoms with Gasteiger partial charge in [-0.15, -0.1) is 0 Å². The van der Waals surface area contributed by atoms with Crippen molar-refractivity contribution in [2.75, 3.05) is 39.6 Å². The first-order chi connectivity index (χ1) is 25.2. The van der Waals surface area contributed by atoms with Crippen LogP contribution in [0.25, 0.3) is 0 Å². The highest BCUT2D eigenvalue weighted by Crippen LogP contribution is 2.40. The van der Waals surface area contributed by atoms with Crippen LogP contribution in [0.5, 0.6) is 23.0 Å². The third-order valence-electron chi connectivity index (χ3n) is 9.50. The Kier molecular flexibility index (Phi) is 12.9. The lowest BCUT2D eigenvalue weighted by Crippen LogP contribution is -2.39. The van der Waals surface area contributed by atoms with Crippen molar-refractivity contribution in [2.45, 2.75) is 64.5 Å². The molecule has 0 N–H and O–H groups in total. The molecule has 4 aromatic rings. The first-order valence-corrected chi connectivity index (χ1v) is 18.4. The van der Waals surface area contributed by atoms with Gasteiger partial charge in [0.05, 0.1) is 26.4 Å². The second-order valence-electron chi connectivity index (χ2n) is 12.9. The molecule has 0 fully saturated rings. The zero-order valence-corrected chi connectivity index (χ0v) is 29.9. The van der Waals surface area contributed by atoms with Crippen LogP contribution in [0.15, 0.2) is 119 Å². The molecule has 268 valence electrons. The summed E-state index contributed by atoms with van der Waals surface area (Å²) in [4.78, 5) is 10.2. The zero-order valence-electron chi connectivity index (χ0n) is 29.9. The van der Waals surface area contributed by atoms with Crippen molar-refractivity contribution in [3.8, 4) is 23.0 Å². The molecule has 2 aliphatic rings. The van der Waals surface area contributed by atoms with E-state index in [2.05, 4.69) is 38.1 Å². The largest absolute Gasteiger partial charge is 0.494 e. The summed E-state index contributed by atoms with van der Waals surface area (Å²) in [5.41, 5.74) is 1.71. The SMILES string of the molecule is CCC(CC)(C1=N[C@H](c2ccc(OCCCCOc3ccccc3)cc2)CO1)C1=N[C@H](c2ccc(OCCCCOc3ccccc3)cc2)CO1. The smallest absolute Gasteiger partial charge is 0.199 e. The number of benzene rings is 4. The standard InChI is InChI=1S/C43H50N2O6/c1-3-43(4-2,41-44-39(31-50-41)33-19-23-37(24-20-33)48-29-13-11-27-46-35-15-7-5-8-16-35)42-45-40(32-51-42)34-21-25-38(26-22-34)49-30-14-12-28-47-36-17-9-6-10-18-36/h5-10,15-26,39-40H,3-4,11-14,27-32H2,1-2H3/t39-,40-/m0/s1. The molecule has 0 saturated carbocycles. The van der Waals surface area contributed by atoms with Crippen LogP contribution in [0.4, 0.5) is 0 Å². The maximum atomic E-state index is 6.31. The number of hydrogen-bond donors (Lipinski definition) is 0. The quantitative estimate of drug-likeness (QED) is 0.0860. The van der Waals surface area contributed by atoms with Gasteiger partial charge >= 0.3 is 0 Å². The average Bonchev–Trinajstić information content (AvgIpc) is 3.89. The zero-order chi connectivity index (χ0) is 35.1. The number of ether oxygens (including phenoxy) is 6. The lowest BCUT2D eigenvalue weighted by molar-refractivity contribution is 0.245. The average molecular weight is 691 g/mol. The molecule has 8 nitrogen and oxygen atoms in total. The Hall–Kier alpha value is -4.98. The Bertz CT molecular complexity index is 1550. The fourth-order valence-corrected chi connectivity index (χ4v) is 6.33. The van der Waals surface area contributed by atoms with Gasteiger partial charge < -0.3 is 28.4 Å². The predicted octanol–water partition coefficient (Wildman–Crippen LogP) is 9.61. The van der Waals surface area contributed by atoms with E-state index >= 15 is 0 Å². The van der Waals surface area contributed by atoms with Gasteiger partial charge in [-0.25, -0.2) is 9.98 Å². The molecule has 0 radical (unpaired) electrons. The Morgan fingerprint density at radius 2 is 0.824 bits per heavy atom. The topological polar surface area (TPSA) is 80.1 Å². The maximum absolute atomic E-state index is 6.31. The van der Waals surface area contributed by atoms with Crippen LogP contribution in [0, 0.1) is 5.41 Å².